The highest BCUT2D eigenvalue weighted by Crippen LogP contribution is 2.39. The summed E-state index contributed by atoms with van der Waals surface area (Å²) < 4.78 is 0. The zero-order chi connectivity index (χ0) is 18.5. The van der Waals surface area contributed by atoms with Gasteiger partial charge in [-0.25, -0.2) is 4.98 Å². The molecule has 1 unspecified atom stereocenters. The number of nitrogens with two attached hydrogens (primary N) is 1. The summed E-state index contributed by atoms with van der Waals surface area (Å²) in [7, 11) is 0. The van der Waals surface area contributed by atoms with Crippen molar-refractivity contribution >= 4 is 11.8 Å². The second kappa shape index (κ2) is 8.70. The molecule has 1 aromatic carbocycles. The molecule has 1 fully saturated rings. The minimum Gasteiger partial charge on any atom is -0.368 e. The van der Waals surface area contributed by atoms with E-state index in [9.17, 15) is 0 Å². The van der Waals surface area contributed by atoms with Gasteiger partial charge in [0.1, 0.15) is 5.82 Å². The van der Waals surface area contributed by atoms with Crippen LogP contribution in [0.1, 0.15) is 61.3 Å². The van der Waals surface area contributed by atoms with Crippen LogP contribution in [0, 0.1) is 0 Å². The van der Waals surface area contributed by atoms with Crippen LogP contribution in [-0.2, 0) is 6.42 Å². The van der Waals surface area contributed by atoms with Crippen molar-refractivity contribution in [2.45, 2.75) is 50.9 Å². The summed E-state index contributed by atoms with van der Waals surface area (Å²) in [4.78, 5) is 12.0. The minimum absolute atomic E-state index is 0.337. The van der Waals surface area contributed by atoms with E-state index >= 15 is 0 Å². The molecule has 2 heterocycles. The largest absolute Gasteiger partial charge is 0.368 e. The van der Waals surface area contributed by atoms with Crippen LogP contribution < -0.4 is 16.0 Å². The molecule has 1 saturated heterocycles. The molecule has 1 aliphatic carbocycles. The third-order valence-corrected chi connectivity index (χ3v) is 5.85. The van der Waals surface area contributed by atoms with Gasteiger partial charge in [0.05, 0.1) is 5.69 Å². The number of hydrogen-bond donors (Lipinski definition) is 2. The first-order valence-electron chi connectivity index (χ1n) is 10.5. The Morgan fingerprint density at radius 2 is 1.67 bits per heavy atom. The number of aromatic nitrogens is 2. The highest BCUT2D eigenvalue weighted by molar-refractivity contribution is 5.55. The van der Waals surface area contributed by atoms with Gasteiger partial charge in [-0.15, -0.1) is 0 Å². The van der Waals surface area contributed by atoms with Gasteiger partial charge in [0.15, 0.2) is 0 Å². The van der Waals surface area contributed by atoms with Crippen molar-refractivity contribution in [2.75, 3.05) is 36.8 Å². The molecule has 1 aliphatic heterocycles. The maximum atomic E-state index is 6.20. The van der Waals surface area contributed by atoms with E-state index in [-0.39, 0.29) is 0 Å². The summed E-state index contributed by atoms with van der Waals surface area (Å²) in [5.74, 6) is 1.86. The van der Waals surface area contributed by atoms with Crippen LogP contribution in [-0.4, -0.2) is 36.1 Å². The van der Waals surface area contributed by atoms with Crippen molar-refractivity contribution in [2.24, 2.45) is 0 Å². The summed E-state index contributed by atoms with van der Waals surface area (Å²) in [6.07, 6.45) is 8.19. The first-order valence-corrected chi connectivity index (χ1v) is 10.5. The molecule has 5 nitrogen and oxygen atoms in total. The number of rotatable bonds is 2. The van der Waals surface area contributed by atoms with Crippen LogP contribution >= 0.6 is 0 Å². The molecule has 3 N–H and O–H groups in total. The Balaban J connectivity index is 1.68. The number of fused-ring (bicyclic) bond motifs is 1. The van der Waals surface area contributed by atoms with Crippen LogP contribution in [0.2, 0.25) is 0 Å². The topological polar surface area (TPSA) is 67.1 Å². The third kappa shape index (κ3) is 4.24. The Morgan fingerprint density at radius 1 is 0.926 bits per heavy atom. The molecule has 1 aromatic heterocycles. The van der Waals surface area contributed by atoms with Crippen molar-refractivity contribution in [3.63, 3.8) is 0 Å². The zero-order valence-electron chi connectivity index (χ0n) is 16.2. The monoisotopic (exact) mass is 365 g/mol. The van der Waals surface area contributed by atoms with Gasteiger partial charge in [-0.05, 0) is 63.6 Å². The van der Waals surface area contributed by atoms with E-state index in [2.05, 4.69) is 40.5 Å². The van der Waals surface area contributed by atoms with Gasteiger partial charge in [0, 0.05) is 24.6 Å². The van der Waals surface area contributed by atoms with E-state index in [0.29, 0.717) is 11.9 Å². The Morgan fingerprint density at radius 3 is 2.41 bits per heavy atom. The lowest BCUT2D eigenvalue weighted by molar-refractivity contribution is 0.546. The Hall–Kier alpha value is -2.14. The lowest BCUT2D eigenvalue weighted by Crippen LogP contribution is -2.32. The highest BCUT2D eigenvalue weighted by Gasteiger charge is 2.28. The molecule has 0 bridgehead atoms. The van der Waals surface area contributed by atoms with Gasteiger partial charge in [-0.1, -0.05) is 30.3 Å². The van der Waals surface area contributed by atoms with Crippen molar-refractivity contribution in [1.29, 1.82) is 0 Å². The third-order valence-electron chi connectivity index (χ3n) is 5.85. The maximum Gasteiger partial charge on any atom is 0.222 e. The highest BCUT2D eigenvalue weighted by atomic mass is 15.2. The molecule has 5 heteroatoms. The van der Waals surface area contributed by atoms with E-state index in [1.54, 1.807) is 0 Å². The van der Waals surface area contributed by atoms with Crippen molar-refractivity contribution in [1.82, 2.24) is 15.3 Å². The molecule has 0 radical (unpaired) electrons. The molecule has 0 amide bonds. The number of nitrogens with one attached hydrogen (secondary N) is 1. The number of hydrogen-bond acceptors (Lipinski definition) is 5. The summed E-state index contributed by atoms with van der Waals surface area (Å²) in [5, 5.41) is 3.53. The Bertz CT molecular complexity index is 736. The fourth-order valence-corrected chi connectivity index (χ4v) is 4.48. The number of nitrogens with zero attached hydrogens (tertiary/aromatic N) is 3. The molecular formula is C22H31N5. The van der Waals surface area contributed by atoms with Gasteiger partial charge < -0.3 is 16.0 Å². The molecule has 1 atom stereocenters. The first kappa shape index (κ1) is 18.2. The van der Waals surface area contributed by atoms with E-state index < -0.39 is 0 Å². The number of nitrogen functional groups attached to an aromatic ring is 1. The van der Waals surface area contributed by atoms with E-state index in [0.717, 1.165) is 50.5 Å². The second-order valence-corrected chi connectivity index (χ2v) is 7.78. The normalized spacial score (nSPS) is 21.5. The molecule has 144 valence electrons. The van der Waals surface area contributed by atoms with Crippen molar-refractivity contribution < 1.29 is 0 Å². The number of anilines is 2. The van der Waals surface area contributed by atoms with E-state index in [1.165, 1.54) is 43.2 Å². The second-order valence-electron chi connectivity index (χ2n) is 7.78. The smallest absolute Gasteiger partial charge is 0.222 e. The molecule has 2 aromatic rings. The number of benzene rings is 1. The first-order chi connectivity index (χ1) is 13.3. The lowest BCUT2D eigenvalue weighted by Gasteiger charge is -2.32. The molecule has 4 rings (SSSR count). The van der Waals surface area contributed by atoms with Crippen LogP contribution in [0.25, 0.3) is 0 Å². The SMILES string of the molecule is Nc1nc2c(c(N3CCCCNCCCC3)n1)CCCC2c1ccccc1. The minimum atomic E-state index is 0.337. The Labute approximate surface area is 162 Å². The Kier molecular flexibility index (Phi) is 5.87. The predicted octanol–water partition coefficient (Wildman–Crippen LogP) is 3.50. The summed E-state index contributed by atoms with van der Waals surface area (Å²) in [6, 6.07) is 10.7. The van der Waals surface area contributed by atoms with Crippen molar-refractivity contribution in [3.8, 4) is 0 Å². The molecule has 0 saturated carbocycles. The van der Waals surface area contributed by atoms with Crippen LogP contribution in [0.15, 0.2) is 30.3 Å². The van der Waals surface area contributed by atoms with E-state index in [1.807, 2.05) is 0 Å². The average Bonchev–Trinajstić information content (AvgIpc) is 2.71. The fraction of sp³-hybridized carbons (Fsp3) is 0.545. The average molecular weight is 366 g/mol. The molecular weight excluding hydrogens is 334 g/mol. The van der Waals surface area contributed by atoms with E-state index in [4.69, 9.17) is 15.7 Å². The van der Waals surface area contributed by atoms with Crippen LogP contribution in [0.3, 0.4) is 0 Å². The predicted molar refractivity (Wildman–Crippen MR) is 111 cm³/mol. The van der Waals surface area contributed by atoms with Gasteiger partial charge in [-0.2, -0.15) is 4.98 Å². The van der Waals surface area contributed by atoms with Crippen molar-refractivity contribution in [3.05, 3.63) is 47.2 Å². The van der Waals surface area contributed by atoms with Crippen LogP contribution in [0.4, 0.5) is 11.8 Å². The zero-order valence-corrected chi connectivity index (χ0v) is 16.2. The van der Waals surface area contributed by atoms with Gasteiger partial charge in [0.25, 0.3) is 0 Å². The van der Waals surface area contributed by atoms with Crippen LogP contribution in [0.5, 0.6) is 0 Å². The van der Waals surface area contributed by atoms with Gasteiger partial charge in [-0.3, -0.25) is 0 Å². The maximum absolute atomic E-state index is 6.20. The standard InChI is InChI=1S/C22H31N5/c23-22-25-20-18(17-9-2-1-3-10-17)11-8-12-19(20)21(26-22)27-15-6-4-13-24-14-5-7-16-27/h1-3,9-10,18,24H,4-8,11-16H2,(H2,23,25,26). The lowest BCUT2D eigenvalue weighted by atomic mass is 9.82. The molecule has 27 heavy (non-hydrogen) atoms. The van der Waals surface area contributed by atoms with Gasteiger partial charge in [0.2, 0.25) is 5.95 Å². The summed E-state index contributed by atoms with van der Waals surface area (Å²) in [6.45, 7) is 4.35. The molecule has 2 aliphatic rings. The summed E-state index contributed by atoms with van der Waals surface area (Å²) in [5.41, 5.74) is 10.0. The van der Waals surface area contributed by atoms with Gasteiger partial charge >= 0.3 is 0 Å². The summed E-state index contributed by atoms with van der Waals surface area (Å²) >= 11 is 0. The quantitative estimate of drug-likeness (QED) is 0.853. The molecule has 0 spiro atoms. The fourth-order valence-electron chi connectivity index (χ4n) is 4.48.